The highest BCUT2D eigenvalue weighted by molar-refractivity contribution is 5.86. The van der Waals surface area contributed by atoms with Gasteiger partial charge in [0.05, 0.1) is 13.5 Å². The Morgan fingerprint density at radius 1 is 1.32 bits per heavy atom. The zero-order valence-electron chi connectivity index (χ0n) is 11.4. The predicted octanol–water partition coefficient (Wildman–Crippen LogP) is -0.746. The minimum absolute atomic E-state index is 0.406. The third-order valence-corrected chi connectivity index (χ3v) is 2.27. The van der Waals surface area contributed by atoms with Gasteiger partial charge in [-0.2, -0.15) is 0 Å². The van der Waals surface area contributed by atoms with Gasteiger partial charge in [0.1, 0.15) is 6.04 Å². The molecule has 2 amide bonds. The van der Waals surface area contributed by atoms with Crippen LogP contribution >= 0.6 is 0 Å². The van der Waals surface area contributed by atoms with Crippen molar-refractivity contribution < 1.29 is 24.2 Å². The van der Waals surface area contributed by atoms with Crippen molar-refractivity contribution in [2.45, 2.75) is 18.9 Å². The van der Waals surface area contributed by atoms with Crippen LogP contribution in [0.25, 0.3) is 0 Å². The molecule has 0 saturated heterocycles. The molecule has 0 aliphatic carbocycles. The first kappa shape index (κ1) is 17.2. The van der Waals surface area contributed by atoms with Gasteiger partial charge in [-0.25, -0.2) is 9.59 Å². The van der Waals surface area contributed by atoms with Crippen LogP contribution in [0, 0.1) is 0 Å². The van der Waals surface area contributed by atoms with Gasteiger partial charge in [-0.15, -0.1) is 0 Å². The number of nitrogens with one attached hydrogen (secondary N) is 2. The Morgan fingerprint density at radius 2 is 1.95 bits per heavy atom. The summed E-state index contributed by atoms with van der Waals surface area (Å²) in [5.41, 5.74) is 0. The first-order chi connectivity index (χ1) is 8.86. The lowest BCUT2D eigenvalue weighted by Gasteiger charge is -2.14. The van der Waals surface area contributed by atoms with Gasteiger partial charge >= 0.3 is 18.0 Å². The molecular formula is C11H21N3O5. The topological polar surface area (TPSA) is 108 Å². The van der Waals surface area contributed by atoms with Crippen molar-refractivity contribution in [3.63, 3.8) is 0 Å². The number of urea groups is 1. The van der Waals surface area contributed by atoms with Crippen molar-refractivity contribution in [1.82, 2.24) is 15.5 Å². The molecule has 19 heavy (non-hydrogen) atoms. The number of hydrogen-bond donors (Lipinski definition) is 3. The van der Waals surface area contributed by atoms with Crippen LogP contribution in [0.2, 0.25) is 0 Å². The summed E-state index contributed by atoms with van der Waals surface area (Å²) in [6.45, 7) is 1.24. The number of carboxylic acid groups (broad SMARTS) is 1. The predicted molar refractivity (Wildman–Crippen MR) is 67.8 cm³/mol. The number of nitrogens with zero attached hydrogens (tertiary/aromatic N) is 1. The summed E-state index contributed by atoms with van der Waals surface area (Å²) in [7, 11) is 4.98. The molecule has 0 spiro atoms. The Balaban J connectivity index is 4.04. The van der Waals surface area contributed by atoms with E-state index in [0.717, 1.165) is 20.1 Å². The summed E-state index contributed by atoms with van der Waals surface area (Å²) in [5.74, 6) is -1.98. The molecule has 0 radical (unpaired) electrons. The summed E-state index contributed by atoms with van der Waals surface area (Å²) in [6, 6.07) is -1.91. The summed E-state index contributed by atoms with van der Waals surface area (Å²) in [6.07, 6.45) is 0.339. The average molecular weight is 275 g/mol. The van der Waals surface area contributed by atoms with Crippen LogP contribution in [0.3, 0.4) is 0 Å². The van der Waals surface area contributed by atoms with E-state index in [0.29, 0.717) is 6.54 Å². The fraction of sp³-hybridized carbons (Fsp3) is 0.727. The number of hydrogen-bond acceptors (Lipinski definition) is 5. The maximum Gasteiger partial charge on any atom is 0.326 e. The molecule has 1 atom stereocenters. The number of methoxy groups -OCH3 is 1. The lowest BCUT2D eigenvalue weighted by atomic mass is 10.2. The Labute approximate surface area is 112 Å². The van der Waals surface area contributed by atoms with E-state index in [1.807, 2.05) is 19.0 Å². The highest BCUT2D eigenvalue weighted by atomic mass is 16.5. The van der Waals surface area contributed by atoms with Gasteiger partial charge in [0.2, 0.25) is 0 Å². The molecule has 0 saturated carbocycles. The highest BCUT2D eigenvalue weighted by Crippen LogP contribution is 1.95. The van der Waals surface area contributed by atoms with Crippen LogP contribution in [-0.4, -0.2) is 68.3 Å². The molecule has 0 heterocycles. The minimum Gasteiger partial charge on any atom is -0.480 e. The maximum absolute atomic E-state index is 11.4. The molecule has 110 valence electrons. The second-order valence-corrected chi connectivity index (χ2v) is 4.23. The molecule has 0 aliphatic rings. The Hall–Kier alpha value is -1.83. The van der Waals surface area contributed by atoms with Crippen LogP contribution in [0.1, 0.15) is 12.8 Å². The Kier molecular flexibility index (Phi) is 8.27. The van der Waals surface area contributed by atoms with Gasteiger partial charge in [-0.1, -0.05) is 0 Å². The van der Waals surface area contributed by atoms with Crippen LogP contribution in [-0.2, 0) is 14.3 Å². The van der Waals surface area contributed by atoms with Gasteiger partial charge < -0.3 is 25.4 Å². The largest absolute Gasteiger partial charge is 0.480 e. The minimum atomic E-state index is -1.29. The molecule has 0 aromatic heterocycles. The van der Waals surface area contributed by atoms with Crippen molar-refractivity contribution in [3.05, 3.63) is 0 Å². The van der Waals surface area contributed by atoms with E-state index in [4.69, 9.17) is 5.11 Å². The summed E-state index contributed by atoms with van der Waals surface area (Å²) < 4.78 is 4.36. The lowest BCUT2D eigenvalue weighted by Crippen LogP contribution is -2.47. The monoisotopic (exact) mass is 275 g/mol. The standard InChI is InChI=1S/C11H21N3O5/c1-14(2)6-4-5-12-11(18)13-8(10(16)17)7-9(15)19-3/h8H,4-7H2,1-3H3,(H,16,17)(H2,12,13,18)/t8-/m0/s1. The van der Waals surface area contributed by atoms with E-state index >= 15 is 0 Å². The summed E-state index contributed by atoms with van der Waals surface area (Å²) >= 11 is 0. The maximum atomic E-state index is 11.4. The Morgan fingerprint density at radius 3 is 2.42 bits per heavy atom. The quantitative estimate of drug-likeness (QED) is 0.397. The zero-order valence-corrected chi connectivity index (χ0v) is 11.4. The van der Waals surface area contributed by atoms with Gasteiger partial charge in [0.15, 0.2) is 0 Å². The second-order valence-electron chi connectivity index (χ2n) is 4.23. The third kappa shape index (κ3) is 8.83. The molecule has 0 aliphatic heterocycles. The van der Waals surface area contributed by atoms with Crippen molar-refractivity contribution in [2.24, 2.45) is 0 Å². The van der Waals surface area contributed by atoms with Crippen molar-refractivity contribution in [3.8, 4) is 0 Å². The smallest absolute Gasteiger partial charge is 0.326 e. The first-order valence-electron chi connectivity index (χ1n) is 5.85. The van der Waals surface area contributed by atoms with Crippen molar-refractivity contribution in [1.29, 1.82) is 0 Å². The molecular weight excluding hydrogens is 254 g/mol. The number of aliphatic carboxylic acids is 1. The Bertz CT molecular complexity index is 319. The molecule has 0 aromatic rings. The fourth-order valence-corrected chi connectivity index (χ4v) is 1.26. The van der Waals surface area contributed by atoms with Gasteiger partial charge in [0, 0.05) is 6.54 Å². The van der Waals surface area contributed by atoms with E-state index in [9.17, 15) is 14.4 Å². The molecule has 0 unspecified atom stereocenters. The molecule has 8 heteroatoms. The van der Waals surface area contributed by atoms with E-state index < -0.39 is 30.4 Å². The molecule has 0 bridgehead atoms. The van der Waals surface area contributed by atoms with Crippen LogP contribution in [0.4, 0.5) is 4.79 Å². The number of esters is 1. The second kappa shape index (κ2) is 9.15. The van der Waals surface area contributed by atoms with E-state index in [-0.39, 0.29) is 0 Å². The van der Waals surface area contributed by atoms with Crippen LogP contribution < -0.4 is 10.6 Å². The van der Waals surface area contributed by atoms with Gasteiger partial charge in [-0.05, 0) is 27.1 Å². The number of amides is 2. The first-order valence-corrected chi connectivity index (χ1v) is 5.85. The van der Waals surface area contributed by atoms with E-state index in [1.54, 1.807) is 0 Å². The van der Waals surface area contributed by atoms with E-state index in [2.05, 4.69) is 15.4 Å². The molecule has 0 aromatic carbocycles. The molecule has 3 N–H and O–H groups in total. The number of carbonyl (C=O) groups excluding carboxylic acids is 2. The van der Waals surface area contributed by atoms with Crippen LogP contribution in [0.5, 0.6) is 0 Å². The number of carbonyl (C=O) groups is 3. The van der Waals surface area contributed by atoms with Gasteiger partial charge in [0.25, 0.3) is 0 Å². The SMILES string of the molecule is COC(=O)C[C@H](NC(=O)NCCCN(C)C)C(=O)O. The van der Waals surface area contributed by atoms with Crippen LogP contribution in [0.15, 0.2) is 0 Å². The fourth-order valence-electron chi connectivity index (χ4n) is 1.26. The molecule has 0 fully saturated rings. The third-order valence-electron chi connectivity index (χ3n) is 2.27. The molecule has 0 rings (SSSR count). The van der Waals surface area contributed by atoms with Gasteiger partial charge in [-0.3, -0.25) is 4.79 Å². The van der Waals surface area contributed by atoms with E-state index in [1.165, 1.54) is 0 Å². The zero-order chi connectivity index (χ0) is 14.8. The summed E-state index contributed by atoms with van der Waals surface area (Å²) in [4.78, 5) is 35.2. The van der Waals surface area contributed by atoms with Crippen molar-refractivity contribution >= 4 is 18.0 Å². The summed E-state index contributed by atoms with van der Waals surface area (Å²) in [5, 5.41) is 13.6. The highest BCUT2D eigenvalue weighted by Gasteiger charge is 2.23. The normalized spacial score (nSPS) is 11.8. The average Bonchev–Trinajstić information content (AvgIpc) is 2.33. The van der Waals surface area contributed by atoms with Crippen molar-refractivity contribution in [2.75, 3.05) is 34.3 Å². The number of ether oxygens (including phenoxy) is 1. The lowest BCUT2D eigenvalue weighted by molar-refractivity contribution is -0.147. The number of carboxylic acids is 1. The molecule has 8 nitrogen and oxygen atoms in total. The number of rotatable bonds is 8.